The molecular formula is C16H17ClO. The lowest BCUT2D eigenvalue weighted by molar-refractivity contribution is 0.409. The van der Waals surface area contributed by atoms with Gasteiger partial charge < -0.3 is 4.74 Å². The number of ether oxygens (including phenoxy) is 1. The molecule has 0 aliphatic carbocycles. The number of rotatable bonds is 4. The first-order valence-corrected chi connectivity index (χ1v) is 6.47. The molecule has 0 spiro atoms. The standard InChI is InChI=1S/C16H17ClO/c1-12-8-9-16(18-2)14(10-12)15(17)11-13-6-4-3-5-7-13/h3-10,15H,11H2,1-2H3. The second-order valence-electron chi connectivity index (χ2n) is 4.40. The maximum Gasteiger partial charge on any atom is 0.123 e. The third-order valence-corrected chi connectivity index (χ3v) is 3.37. The second kappa shape index (κ2) is 5.92. The molecule has 2 heteroatoms. The quantitative estimate of drug-likeness (QED) is 0.734. The maximum absolute atomic E-state index is 6.52. The molecule has 2 aromatic rings. The van der Waals surface area contributed by atoms with E-state index in [0.717, 1.165) is 17.7 Å². The fraction of sp³-hybridized carbons (Fsp3) is 0.250. The Labute approximate surface area is 113 Å². The van der Waals surface area contributed by atoms with Crippen LogP contribution in [0, 0.1) is 6.92 Å². The first-order valence-electron chi connectivity index (χ1n) is 6.03. The summed E-state index contributed by atoms with van der Waals surface area (Å²) in [4.78, 5) is 0. The van der Waals surface area contributed by atoms with Crippen LogP contribution in [0.3, 0.4) is 0 Å². The van der Waals surface area contributed by atoms with Crippen LogP contribution >= 0.6 is 11.6 Å². The summed E-state index contributed by atoms with van der Waals surface area (Å²) < 4.78 is 5.37. The van der Waals surface area contributed by atoms with Crippen LogP contribution < -0.4 is 4.74 Å². The van der Waals surface area contributed by atoms with Crippen LogP contribution in [-0.2, 0) is 6.42 Å². The molecule has 0 aliphatic heterocycles. The van der Waals surface area contributed by atoms with E-state index in [1.807, 2.05) is 30.3 Å². The number of methoxy groups -OCH3 is 1. The van der Waals surface area contributed by atoms with Gasteiger partial charge in [0.2, 0.25) is 0 Å². The van der Waals surface area contributed by atoms with Gasteiger partial charge in [-0.25, -0.2) is 0 Å². The lowest BCUT2D eigenvalue weighted by atomic mass is 10.0. The highest BCUT2D eigenvalue weighted by Gasteiger charge is 2.14. The minimum Gasteiger partial charge on any atom is -0.496 e. The van der Waals surface area contributed by atoms with Gasteiger partial charge in [0, 0.05) is 5.56 Å². The van der Waals surface area contributed by atoms with Crippen molar-refractivity contribution < 1.29 is 4.74 Å². The molecule has 0 aromatic heterocycles. The van der Waals surface area contributed by atoms with Crippen molar-refractivity contribution in [3.05, 3.63) is 65.2 Å². The molecule has 1 unspecified atom stereocenters. The minimum atomic E-state index is -0.0674. The summed E-state index contributed by atoms with van der Waals surface area (Å²) in [5.74, 6) is 0.858. The molecule has 0 saturated carbocycles. The molecule has 0 N–H and O–H groups in total. The number of benzene rings is 2. The fourth-order valence-electron chi connectivity index (χ4n) is 2.03. The van der Waals surface area contributed by atoms with Gasteiger partial charge in [-0.15, -0.1) is 11.6 Å². The highest BCUT2D eigenvalue weighted by Crippen LogP contribution is 2.32. The number of hydrogen-bond acceptors (Lipinski definition) is 1. The molecule has 2 aromatic carbocycles. The molecular weight excluding hydrogens is 244 g/mol. The molecule has 0 amide bonds. The topological polar surface area (TPSA) is 9.23 Å². The first-order chi connectivity index (χ1) is 8.70. The highest BCUT2D eigenvalue weighted by atomic mass is 35.5. The van der Waals surface area contributed by atoms with Gasteiger partial charge in [0.15, 0.2) is 0 Å². The minimum absolute atomic E-state index is 0.0674. The number of hydrogen-bond donors (Lipinski definition) is 0. The molecule has 0 radical (unpaired) electrons. The Kier molecular flexibility index (Phi) is 4.27. The summed E-state index contributed by atoms with van der Waals surface area (Å²) in [6.07, 6.45) is 0.808. The van der Waals surface area contributed by atoms with E-state index >= 15 is 0 Å². The zero-order chi connectivity index (χ0) is 13.0. The molecule has 1 nitrogen and oxygen atoms in total. The van der Waals surface area contributed by atoms with Crippen molar-refractivity contribution in [1.82, 2.24) is 0 Å². The molecule has 0 saturated heterocycles. The van der Waals surface area contributed by atoms with Gasteiger partial charge in [-0.05, 0) is 25.0 Å². The summed E-state index contributed by atoms with van der Waals surface area (Å²) in [5.41, 5.74) is 3.49. The Bertz CT molecular complexity index is 508. The summed E-state index contributed by atoms with van der Waals surface area (Å²) in [5, 5.41) is -0.0674. The SMILES string of the molecule is COc1ccc(C)cc1C(Cl)Cc1ccccc1. The van der Waals surface area contributed by atoms with Crippen molar-refractivity contribution >= 4 is 11.6 Å². The first kappa shape index (κ1) is 13.0. The van der Waals surface area contributed by atoms with E-state index < -0.39 is 0 Å². The zero-order valence-electron chi connectivity index (χ0n) is 10.7. The van der Waals surface area contributed by atoms with Crippen LogP contribution in [0.2, 0.25) is 0 Å². The molecule has 0 fully saturated rings. The number of alkyl halides is 1. The van der Waals surface area contributed by atoms with E-state index in [1.165, 1.54) is 11.1 Å². The van der Waals surface area contributed by atoms with Gasteiger partial charge in [-0.2, -0.15) is 0 Å². The van der Waals surface area contributed by atoms with E-state index in [1.54, 1.807) is 7.11 Å². The summed E-state index contributed by atoms with van der Waals surface area (Å²) in [7, 11) is 1.68. The largest absolute Gasteiger partial charge is 0.496 e. The van der Waals surface area contributed by atoms with Gasteiger partial charge in [-0.3, -0.25) is 0 Å². The molecule has 1 atom stereocenters. The van der Waals surface area contributed by atoms with Crippen LogP contribution in [0.15, 0.2) is 48.5 Å². The van der Waals surface area contributed by atoms with Crippen LogP contribution in [-0.4, -0.2) is 7.11 Å². The highest BCUT2D eigenvalue weighted by molar-refractivity contribution is 6.21. The monoisotopic (exact) mass is 260 g/mol. The lowest BCUT2D eigenvalue weighted by Gasteiger charge is -2.15. The molecule has 94 valence electrons. The van der Waals surface area contributed by atoms with E-state index in [0.29, 0.717) is 0 Å². The summed E-state index contributed by atoms with van der Waals surface area (Å²) in [6.45, 7) is 2.06. The summed E-state index contributed by atoms with van der Waals surface area (Å²) in [6, 6.07) is 16.4. The Hall–Kier alpha value is -1.47. The Morgan fingerprint density at radius 1 is 1.11 bits per heavy atom. The van der Waals surface area contributed by atoms with Gasteiger partial charge >= 0.3 is 0 Å². The Balaban J connectivity index is 2.23. The van der Waals surface area contributed by atoms with Gasteiger partial charge in [0.1, 0.15) is 5.75 Å². The normalized spacial score (nSPS) is 12.2. The van der Waals surface area contributed by atoms with E-state index in [9.17, 15) is 0 Å². The predicted molar refractivity (Wildman–Crippen MR) is 76.5 cm³/mol. The third-order valence-electron chi connectivity index (χ3n) is 2.98. The van der Waals surface area contributed by atoms with Crippen molar-refractivity contribution in [2.45, 2.75) is 18.7 Å². The number of halogens is 1. The smallest absolute Gasteiger partial charge is 0.123 e. The molecule has 2 rings (SSSR count). The van der Waals surface area contributed by atoms with Crippen molar-refractivity contribution in [3.63, 3.8) is 0 Å². The van der Waals surface area contributed by atoms with Gasteiger partial charge in [0.05, 0.1) is 12.5 Å². The van der Waals surface area contributed by atoms with Crippen molar-refractivity contribution in [2.75, 3.05) is 7.11 Å². The Morgan fingerprint density at radius 3 is 2.50 bits per heavy atom. The maximum atomic E-state index is 6.52. The van der Waals surface area contributed by atoms with Crippen molar-refractivity contribution in [1.29, 1.82) is 0 Å². The zero-order valence-corrected chi connectivity index (χ0v) is 11.4. The van der Waals surface area contributed by atoms with Gasteiger partial charge in [-0.1, -0.05) is 48.0 Å². The van der Waals surface area contributed by atoms with Crippen LogP contribution in [0.25, 0.3) is 0 Å². The molecule has 0 bridgehead atoms. The average molecular weight is 261 g/mol. The van der Waals surface area contributed by atoms with E-state index in [4.69, 9.17) is 16.3 Å². The summed E-state index contributed by atoms with van der Waals surface area (Å²) >= 11 is 6.52. The Morgan fingerprint density at radius 2 is 1.83 bits per heavy atom. The second-order valence-corrected chi connectivity index (χ2v) is 4.93. The third kappa shape index (κ3) is 3.05. The average Bonchev–Trinajstić information content (AvgIpc) is 2.40. The predicted octanol–water partition coefficient (Wildman–Crippen LogP) is 4.53. The van der Waals surface area contributed by atoms with Crippen LogP contribution in [0.5, 0.6) is 5.75 Å². The molecule has 0 heterocycles. The van der Waals surface area contributed by atoms with E-state index in [2.05, 4.69) is 25.1 Å². The van der Waals surface area contributed by atoms with Crippen molar-refractivity contribution in [2.24, 2.45) is 0 Å². The number of aryl methyl sites for hydroxylation is 1. The molecule has 0 aliphatic rings. The van der Waals surface area contributed by atoms with Crippen LogP contribution in [0.4, 0.5) is 0 Å². The van der Waals surface area contributed by atoms with Gasteiger partial charge in [0.25, 0.3) is 0 Å². The molecule has 18 heavy (non-hydrogen) atoms. The van der Waals surface area contributed by atoms with Crippen molar-refractivity contribution in [3.8, 4) is 5.75 Å². The van der Waals surface area contributed by atoms with E-state index in [-0.39, 0.29) is 5.38 Å². The van der Waals surface area contributed by atoms with Crippen LogP contribution in [0.1, 0.15) is 22.1 Å². The fourth-order valence-corrected chi connectivity index (χ4v) is 2.38. The lowest BCUT2D eigenvalue weighted by Crippen LogP contribution is -1.99.